The van der Waals surface area contributed by atoms with Gasteiger partial charge in [-0.15, -0.1) is 11.3 Å². The highest BCUT2D eigenvalue weighted by Gasteiger charge is 2.26. The van der Waals surface area contributed by atoms with Crippen LogP contribution >= 0.6 is 11.3 Å². The molecule has 1 aliphatic rings. The summed E-state index contributed by atoms with van der Waals surface area (Å²) in [5.41, 5.74) is 0.939. The van der Waals surface area contributed by atoms with Gasteiger partial charge in [-0.05, 0) is 25.0 Å². The third-order valence-corrected chi connectivity index (χ3v) is 6.16. The summed E-state index contributed by atoms with van der Waals surface area (Å²) in [4.78, 5) is 30.9. The number of carbonyl (C=O) groups excluding carboxylic acids is 2. The molecule has 8 heteroatoms. The van der Waals surface area contributed by atoms with Gasteiger partial charge in [0.15, 0.2) is 0 Å². The van der Waals surface area contributed by atoms with Gasteiger partial charge in [-0.3, -0.25) is 4.79 Å². The third-order valence-electron chi connectivity index (χ3n) is 4.85. The molecule has 0 spiro atoms. The van der Waals surface area contributed by atoms with Crippen molar-refractivity contribution in [2.45, 2.75) is 51.6 Å². The Labute approximate surface area is 174 Å². The van der Waals surface area contributed by atoms with Crippen LogP contribution in [0.5, 0.6) is 0 Å². The number of rotatable bonds is 4. The van der Waals surface area contributed by atoms with E-state index >= 15 is 0 Å². The van der Waals surface area contributed by atoms with Crippen molar-refractivity contribution < 1.29 is 14.0 Å². The zero-order valence-electron chi connectivity index (χ0n) is 17.0. The monoisotopic (exact) mass is 418 g/mol. The molecule has 0 radical (unpaired) electrons. The zero-order valence-corrected chi connectivity index (χ0v) is 17.8. The lowest BCUT2D eigenvalue weighted by Gasteiger charge is -2.32. The van der Waals surface area contributed by atoms with E-state index in [4.69, 9.17) is 0 Å². The molecular weight excluding hydrogens is 391 g/mol. The summed E-state index contributed by atoms with van der Waals surface area (Å²) >= 11 is 1.60. The van der Waals surface area contributed by atoms with Crippen molar-refractivity contribution in [3.8, 4) is 0 Å². The molecule has 1 aromatic heterocycles. The lowest BCUT2D eigenvalue weighted by atomic mass is 9.98. The van der Waals surface area contributed by atoms with Crippen LogP contribution in [0, 0.1) is 5.82 Å². The number of carbonyl (C=O) groups is 2. The fraction of sp³-hybridized carbons (Fsp3) is 0.476. The molecule has 3 rings (SSSR count). The van der Waals surface area contributed by atoms with Gasteiger partial charge in [-0.1, -0.05) is 32.9 Å². The van der Waals surface area contributed by atoms with Gasteiger partial charge in [0.1, 0.15) is 5.82 Å². The van der Waals surface area contributed by atoms with Crippen molar-refractivity contribution >= 4 is 23.3 Å². The first kappa shape index (κ1) is 21.2. The summed E-state index contributed by atoms with van der Waals surface area (Å²) in [6, 6.07) is 5.75. The van der Waals surface area contributed by atoms with Crippen LogP contribution in [0.15, 0.2) is 29.6 Å². The van der Waals surface area contributed by atoms with Crippen molar-refractivity contribution in [3.05, 3.63) is 51.7 Å². The number of hydrogen-bond acceptors (Lipinski definition) is 4. The maximum atomic E-state index is 13.8. The number of urea groups is 1. The number of benzene rings is 1. The Balaban J connectivity index is 1.43. The minimum Gasteiger partial charge on any atom is -0.338 e. The number of likely N-dealkylation sites (tertiary alicyclic amines) is 1. The molecule has 1 aromatic carbocycles. The summed E-state index contributed by atoms with van der Waals surface area (Å²) < 4.78 is 13.8. The topological polar surface area (TPSA) is 74.3 Å². The second-order valence-corrected chi connectivity index (χ2v) is 9.13. The molecule has 2 heterocycles. The van der Waals surface area contributed by atoms with Crippen LogP contribution in [0.25, 0.3) is 0 Å². The Morgan fingerprint density at radius 2 is 1.93 bits per heavy atom. The Morgan fingerprint density at radius 1 is 1.24 bits per heavy atom. The molecule has 0 bridgehead atoms. The Kier molecular flexibility index (Phi) is 6.52. The Morgan fingerprint density at radius 3 is 2.55 bits per heavy atom. The predicted molar refractivity (Wildman–Crippen MR) is 112 cm³/mol. The van der Waals surface area contributed by atoms with Crippen LogP contribution in [0.4, 0.5) is 9.18 Å². The summed E-state index contributed by atoms with van der Waals surface area (Å²) in [5.74, 6) is -0.807. The van der Waals surface area contributed by atoms with Crippen LogP contribution < -0.4 is 10.6 Å². The van der Waals surface area contributed by atoms with Gasteiger partial charge in [0, 0.05) is 29.9 Å². The quantitative estimate of drug-likeness (QED) is 0.795. The van der Waals surface area contributed by atoms with E-state index in [-0.39, 0.29) is 29.0 Å². The highest BCUT2D eigenvalue weighted by Crippen LogP contribution is 2.25. The van der Waals surface area contributed by atoms with Gasteiger partial charge < -0.3 is 15.5 Å². The van der Waals surface area contributed by atoms with Crippen molar-refractivity contribution in [2.24, 2.45) is 0 Å². The standard InChI is InChI=1S/C21H27FN4O2S/c1-21(2,3)19-24-15(13-29-19)12-23-20(28)25-14-8-10-26(11-9-14)18(27)16-6-4-5-7-17(16)22/h4-7,13-14H,8-12H2,1-3H3,(H2,23,25,28). The van der Waals surface area contributed by atoms with E-state index in [0.717, 1.165) is 10.7 Å². The van der Waals surface area contributed by atoms with E-state index in [1.807, 2.05) is 5.38 Å². The number of piperidine rings is 1. The third kappa shape index (κ3) is 5.53. The highest BCUT2D eigenvalue weighted by molar-refractivity contribution is 7.09. The number of halogens is 1. The number of aromatic nitrogens is 1. The van der Waals surface area contributed by atoms with E-state index in [1.54, 1.807) is 28.4 Å². The fourth-order valence-electron chi connectivity index (χ4n) is 3.17. The van der Waals surface area contributed by atoms with Crippen molar-refractivity contribution in [1.29, 1.82) is 0 Å². The van der Waals surface area contributed by atoms with Crippen LogP contribution in [0.1, 0.15) is 54.7 Å². The first-order valence-corrected chi connectivity index (χ1v) is 10.6. The fourth-order valence-corrected chi connectivity index (χ4v) is 4.08. The molecule has 1 fully saturated rings. The average molecular weight is 419 g/mol. The molecule has 3 amide bonds. The first-order valence-electron chi connectivity index (χ1n) is 9.77. The smallest absolute Gasteiger partial charge is 0.315 e. The normalized spacial score (nSPS) is 15.2. The minimum atomic E-state index is -0.506. The van der Waals surface area contributed by atoms with E-state index < -0.39 is 5.82 Å². The van der Waals surface area contributed by atoms with Crippen LogP contribution in [0.2, 0.25) is 0 Å². The first-order chi connectivity index (χ1) is 13.7. The van der Waals surface area contributed by atoms with Gasteiger partial charge in [0.2, 0.25) is 0 Å². The molecule has 0 aliphatic carbocycles. The van der Waals surface area contributed by atoms with E-state index in [1.165, 1.54) is 12.1 Å². The summed E-state index contributed by atoms with van der Waals surface area (Å²) in [7, 11) is 0. The predicted octanol–water partition coefficient (Wildman–Crippen LogP) is 3.68. The van der Waals surface area contributed by atoms with E-state index in [9.17, 15) is 14.0 Å². The second kappa shape index (κ2) is 8.90. The van der Waals surface area contributed by atoms with E-state index in [0.29, 0.717) is 32.5 Å². The number of thiazole rings is 1. The Bertz CT molecular complexity index is 870. The largest absolute Gasteiger partial charge is 0.338 e. The molecule has 0 saturated carbocycles. The molecule has 0 atom stereocenters. The highest BCUT2D eigenvalue weighted by atomic mass is 32.1. The van der Waals surface area contributed by atoms with Gasteiger partial charge in [-0.2, -0.15) is 0 Å². The van der Waals surface area contributed by atoms with Gasteiger partial charge in [-0.25, -0.2) is 14.2 Å². The summed E-state index contributed by atoms with van der Waals surface area (Å²) in [6.07, 6.45) is 1.27. The van der Waals surface area contributed by atoms with Crippen LogP contribution in [-0.4, -0.2) is 41.0 Å². The molecule has 29 heavy (non-hydrogen) atoms. The van der Waals surface area contributed by atoms with Crippen molar-refractivity contribution in [2.75, 3.05) is 13.1 Å². The number of nitrogens with zero attached hydrogens (tertiary/aromatic N) is 2. The Hall–Kier alpha value is -2.48. The lowest BCUT2D eigenvalue weighted by molar-refractivity contribution is 0.0703. The van der Waals surface area contributed by atoms with Gasteiger partial charge in [0.05, 0.1) is 22.8 Å². The number of amides is 3. The van der Waals surface area contributed by atoms with Crippen molar-refractivity contribution in [1.82, 2.24) is 20.5 Å². The number of nitrogens with one attached hydrogen (secondary N) is 2. The van der Waals surface area contributed by atoms with Crippen LogP contribution in [-0.2, 0) is 12.0 Å². The molecule has 1 aliphatic heterocycles. The molecule has 2 aromatic rings. The van der Waals surface area contributed by atoms with E-state index in [2.05, 4.69) is 36.4 Å². The molecule has 2 N–H and O–H groups in total. The molecule has 156 valence electrons. The maximum Gasteiger partial charge on any atom is 0.315 e. The van der Waals surface area contributed by atoms with Crippen LogP contribution in [0.3, 0.4) is 0 Å². The summed E-state index contributed by atoms with van der Waals surface area (Å²) in [6.45, 7) is 7.68. The minimum absolute atomic E-state index is 0.000748. The molecule has 6 nitrogen and oxygen atoms in total. The zero-order chi connectivity index (χ0) is 21.0. The SMILES string of the molecule is CC(C)(C)c1nc(CNC(=O)NC2CCN(C(=O)c3ccccc3F)CC2)cs1. The van der Waals surface area contributed by atoms with Gasteiger partial charge in [0.25, 0.3) is 5.91 Å². The number of hydrogen-bond donors (Lipinski definition) is 2. The molecular formula is C21H27FN4O2S. The van der Waals surface area contributed by atoms with Crippen molar-refractivity contribution in [3.63, 3.8) is 0 Å². The maximum absolute atomic E-state index is 13.8. The second-order valence-electron chi connectivity index (χ2n) is 8.27. The lowest BCUT2D eigenvalue weighted by Crippen LogP contribution is -2.49. The molecule has 1 saturated heterocycles. The summed E-state index contributed by atoms with van der Waals surface area (Å²) in [5, 5.41) is 8.80. The molecule has 0 unspecified atom stereocenters. The average Bonchev–Trinajstić information content (AvgIpc) is 3.16. The van der Waals surface area contributed by atoms with Gasteiger partial charge >= 0.3 is 6.03 Å².